The van der Waals surface area contributed by atoms with Crippen LogP contribution in [-0.4, -0.2) is 25.8 Å². The summed E-state index contributed by atoms with van der Waals surface area (Å²) < 4.78 is 1.31. The van der Waals surface area contributed by atoms with Gasteiger partial charge in [-0.1, -0.05) is 35.9 Å². The third-order valence-corrected chi connectivity index (χ3v) is 4.84. The highest BCUT2D eigenvalue weighted by Gasteiger charge is 2.13. The molecule has 0 atom stereocenters. The number of aromatic nitrogens is 4. The maximum absolute atomic E-state index is 13.0. The van der Waals surface area contributed by atoms with E-state index in [0.29, 0.717) is 22.6 Å². The van der Waals surface area contributed by atoms with E-state index >= 15 is 0 Å². The fourth-order valence-corrected chi connectivity index (χ4v) is 3.43. The molecule has 5 aromatic rings. The summed E-state index contributed by atoms with van der Waals surface area (Å²) in [5.41, 5.74) is 4.48. The normalized spacial score (nSPS) is 11.9. The van der Waals surface area contributed by atoms with E-state index in [1.807, 2.05) is 61.5 Å². The fourth-order valence-electron chi connectivity index (χ4n) is 3.43. The molecule has 0 aliphatic rings. The second kappa shape index (κ2) is 6.13. The average molecular weight is 367 g/mol. The van der Waals surface area contributed by atoms with Crippen molar-refractivity contribution in [2.45, 2.75) is 13.8 Å². The smallest absolute Gasteiger partial charge is 0.298 e. The minimum absolute atomic E-state index is 0.228. The van der Waals surface area contributed by atoms with Crippen molar-refractivity contribution in [2.75, 3.05) is 0 Å². The molecule has 0 bridgehead atoms. The number of hydrogen-bond acceptors (Lipinski definition) is 4. The quantitative estimate of drug-likeness (QED) is 0.480. The average Bonchev–Trinajstić information content (AvgIpc) is 3.05. The van der Waals surface area contributed by atoms with Gasteiger partial charge in [-0.3, -0.25) is 4.79 Å². The Morgan fingerprint density at radius 1 is 1.04 bits per heavy atom. The summed E-state index contributed by atoms with van der Waals surface area (Å²) in [4.78, 5) is 25.4. The zero-order valence-corrected chi connectivity index (χ0v) is 15.5. The second-order valence-corrected chi connectivity index (χ2v) is 6.85. The van der Waals surface area contributed by atoms with Crippen molar-refractivity contribution in [1.82, 2.24) is 19.6 Å². The predicted molar refractivity (Wildman–Crippen MR) is 112 cm³/mol. The Balaban J connectivity index is 1.64. The molecule has 0 aliphatic heterocycles. The molecular formula is C22H17N5O. The van der Waals surface area contributed by atoms with Gasteiger partial charge in [0.2, 0.25) is 0 Å². The summed E-state index contributed by atoms with van der Waals surface area (Å²) >= 11 is 0. The minimum Gasteiger partial charge on any atom is -0.349 e. The molecule has 2 aromatic carbocycles. The fraction of sp³-hybridized carbons (Fsp3) is 0.0909. The highest BCUT2D eigenvalue weighted by atomic mass is 16.1. The number of hydrogen-bond donors (Lipinski definition) is 1. The van der Waals surface area contributed by atoms with Gasteiger partial charge in [0, 0.05) is 16.3 Å². The first-order chi connectivity index (χ1) is 13.6. The molecule has 0 fully saturated rings. The molecule has 0 aliphatic carbocycles. The lowest BCUT2D eigenvalue weighted by molar-refractivity contribution is 0.769. The van der Waals surface area contributed by atoms with E-state index in [0.717, 1.165) is 27.4 Å². The van der Waals surface area contributed by atoms with Crippen LogP contribution in [0.25, 0.3) is 32.8 Å². The summed E-state index contributed by atoms with van der Waals surface area (Å²) in [5, 5.41) is 6.36. The Kier molecular flexibility index (Phi) is 3.58. The number of aryl methyl sites for hydroxylation is 2. The zero-order valence-electron chi connectivity index (χ0n) is 15.5. The Labute approximate surface area is 160 Å². The topological polar surface area (TPSA) is 75.9 Å². The Morgan fingerprint density at radius 3 is 2.79 bits per heavy atom. The third-order valence-electron chi connectivity index (χ3n) is 4.84. The van der Waals surface area contributed by atoms with Gasteiger partial charge >= 0.3 is 0 Å². The van der Waals surface area contributed by atoms with Gasteiger partial charge in [-0.25, -0.2) is 9.97 Å². The first kappa shape index (κ1) is 16.4. The minimum atomic E-state index is -0.228. The maximum atomic E-state index is 13.0. The van der Waals surface area contributed by atoms with Crippen molar-refractivity contribution in [3.05, 3.63) is 82.0 Å². The van der Waals surface area contributed by atoms with Crippen LogP contribution in [0.4, 0.5) is 0 Å². The van der Waals surface area contributed by atoms with Crippen molar-refractivity contribution in [3.63, 3.8) is 0 Å². The maximum Gasteiger partial charge on any atom is 0.298 e. The first-order valence-electron chi connectivity index (χ1n) is 9.02. The molecule has 3 heterocycles. The molecule has 1 N–H and O–H groups in total. The molecule has 6 heteroatoms. The standard InChI is InChI=1S/C22H17N5O/c1-13-7-10-19-17(11-13)20-21(26-19)22(28)27(14(2)24-20)23-12-16-9-8-15-5-3-4-6-18(15)25-16/h3-12,26H,1-2H3/b23-12+. The molecule has 0 spiro atoms. The van der Waals surface area contributed by atoms with Gasteiger partial charge in [0.15, 0.2) is 0 Å². The highest BCUT2D eigenvalue weighted by molar-refractivity contribution is 6.04. The predicted octanol–water partition coefficient (Wildman–Crippen LogP) is 3.93. The lowest BCUT2D eigenvalue weighted by Gasteiger charge is -2.03. The molecule has 6 nitrogen and oxygen atoms in total. The van der Waals surface area contributed by atoms with Gasteiger partial charge in [0.05, 0.1) is 17.4 Å². The molecule has 136 valence electrons. The highest BCUT2D eigenvalue weighted by Crippen LogP contribution is 2.23. The monoisotopic (exact) mass is 367 g/mol. The van der Waals surface area contributed by atoms with Crippen LogP contribution in [-0.2, 0) is 0 Å². The van der Waals surface area contributed by atoms with Crippen LogP contribution >= 0.6 is 0 Å². The molecule has 0 saturated carbocycles. The molecule has 28 heavy (non-hydrogen) atoms. The molecule has 0 amide bonds. The molecule has 3 aromatic heterocycles. The van der Waals surface area contributed by atoms with E-state index < -0.39 is 0 Å². The molecule has 0 radical (unpaired) electrons. The summed E-state index contributed by atoms with van der Waals surface area (Å²) in [6.45, 7) is 3.80. The van der Waals surface area contributed by atoms with Gasteiger partial charge in [-0.05, 0) is 38.1 Å². The summed E-state index contributed by atoms with van der Waals surface area (Å²) in [7, 11) is 0. The van der Waals surface area contributed by atoms with Crippen molar-refractivity contribution in [2.24, 2.45) is 5.10 Å². The molecule has 0 unspecified atom stereocenters. The summed E-state index contributed by atoms with van der Waals surface area (Å²) in [5.74, 6) is 0.525. The van der Waals surface area contributed by atoms with Crippen molar-refractivity contribution >= 4 is 39.1 Å². The number of pyridine rings is 1. The van der Waals surface area contributed by atoms with Gasteiger partial charge in [-0.15, -0.1) is 0 Å². The van der Waals surface area contributed by atoms with E-state index in [1.54, 1.807) is 13.1 Å². The van der Waals surface area contributed by atoms with Crippen LogP contribution in [0.3, 0.4) is 0 Å². The lowest BCUT2D eigenvalue weighted by Crippen LogP contribution is -2.20. The van der Waals surface area contributed by atoms with Crippen LogP contribution in [0.2, 0.25) is 0 Å². The Hall–Kier alpha value is -3.80. The van der Waals surface area contributed by atoms with E-state index in [9.17, 15) is 4.79 Å². The number of aromatic amines is 1. The van der Waals surface area contributed by atoms with Crippen molar-refractivity contribution in [3.8, 4) is 0 Å². The molecule has 5 rings (SSSR count). The Bertz CT molecular complexity index is 1460. The molecular weight excluding hydrogens is 350 g/mol. The van der Waals surface area contributed by atoms with Crippen LogP contribution in [0.5, 0.6) is 0 Å². The van der Waals surface area contributed by atoms with Crippen molar-refractivity contribution in [1.29, 1.82) is 0 Å². The van der Waals surface area contributed by atoms with Crippen molar-refractivity contribution < 1.29 is 0 Å². The van der Waals surface area contributed by atoms with Gasteiger partial charge < -0.3 is 4.98 Å². The number of nitrogens with zero attached hydrogens (tertiary/aromatic N) is 4. The SMILES string of the molecule is Cc1ccc2[nH]c3c(=O)n(/N=C/c4ccc5ccccc5n4)c(C)nc3c2c1. The Morgan fingerprint density at radius 2 is 1.89 bits per heavy atom. The number of H-pyrrole nitrogens is 1. The van der Waals surface area contributed by atoms with Gasteiger partial charge in [0.1, 0.15) is 16.9 Å². The number of nitrogens with one attached hydrogen (secondary N) is 1. The van der Waals surface area contributed by atoms with Gasteiger partial charge in [-0.2, -0.15) is 9.78 Å². The number of para-hydroxylation sites is 1. The largest absolute Gasteiger partial charge is 0.349 e. The summed E-state index contributed by atoms with van der Waals surface area (Å²) in [6.07, 6.45) is 1.58. The van der Waals surface area contributed by atoms with Gasteiger partial charge in [0.25, 0.3) is 5.56 Å². The van der Waals surface area contributed by atoms with Crippen LogP contribution in [0.15, 0.2) is 64.5 Å². The van der Waals surface area contributed by atoms with Crippen LogP contribution in [0.1, 0.15) is 17.1 Å². The lowest BCUT2D eigenvalue weighted by atomic mass is 10.2. The first-order valence-corrected chi connectivity index (χ1v) is 9.02. The van der Waals surface area contributed by atoms with E-state index in [1.165, 1.54) is 4.68 Å². The molecule has 0 saturated heterocycles. The van der Waals surface area contributed by atoms with Crippen LogP contribution < -0.4 is 5.56 Å². The van der Waals surface area contributed by atoms with Crippen LogP contribution in [0, 0.1) is 13.8 Å². The summed E-state index contributed by atoms with van der Waals surface area (Å²) in [6, 6.07) is 17.7. The zero-order chi connectivity index (χ0) is 19.3. The van der Waals surface area contributed by atoms with E-state index in [-0.39, 0.29) is 5.56 Å². The third kappa shape index (κ3) is 2.58. The number of rotatable bonds is 2. The van der Waals surface area contributed by atoms with E-state index in [4.69, 9.17) is 0 Å². The number of fused-ring (bicyclic) bond motifs is 4. The van der Waals surface area contributed by atoms with E-state index in [2.05, 4.69) is 20.1 Å². The second-order valence-electron chi connectivity index (χ2n) is 6.85. The number of benzene rings is 2.